The van der Waals surface area contributed by atoms with Gasteiger partial charge in [-0.25, -0.2) is 0 Å². The summed E-state index contributed by atoms with van der Waals surface area (Å²) in [5.41, 5.74) is 2.12. The molecule has 0 bridgehead atoms. The number of fused-ring (bicyclic) bond motifs is 3. The van der Waals surface area contributed by atoms with Crippen molar-refractivity contribution in [1.82, 2.24) is 14.6 Å². The third kappa shape index (κ3) is 2.06. The Balaban J connectivity index is 2.02. The highest BCUT2D eigenvalue weighted by atomic mass is 16.6. The Labute approximate surface area is 136 Å². The van der Waals surface area contributed by atoms with Crippen LogP contribution in [0.5, 0.6) is 5.75 Å². The lowest BCUT2D eigenvalue weighted by Crippen LogP contribution is -1.96. The molecule has 2 aromatic heterocycles. The lowest BCUT2D eigenvalue weighted by molar-refractivity contribution is -0.385. The molecule has 2 aromatic carbocycles. The molecule has 0 aliphatic heterocycles. The summed E-state index contributed by atoms with van der Waals surface area (Å²) in [4.78, 5) is 10.8. The molecule has 7 nitrogen and oxygen atoms in total. The summed E-state index contributed by atoms with van der Waals surface area (Å²) in [5.74, 6) is 0.759. The summed E-state index contributed by atoms with van der Waals surface area (Å²) < 4.78 is 6.94. The molecule has 24 heavy (non-hydrogen) atoms. The normalized spacial score (nSPS) is 11.0. The summed E-state index contributed by atoms with van der Waals surface area (Å²) in [5, 5.41) is 20.7. The van der Waals surface area contributed by atoms with Crippen molar-refractivity contribution in [2.24, 2.45) is 0 Å². The number of para-hydroxylation sites is 1. The quantitative estimate of drug-likeness (QED) is 0.426. The summed E-state index contributed by atoms with van der Waals surface area (Å²) in [6.45, 7) is 0. The van der Waals surface area contributed by atoms with Crippen LogP contribution < -0.4 is 4.74 Å². The molecule has 0 fully saturated rings. The van der Waals surface area contributed by atoms with Crippen LogP contribution in [0.4, 0.5) is 5.69 Å². The molecule has 4 aromatic rings. The molecule has 7 heteroatoms. The molecule has 0 unspecified atom stereocenters. The molecule has 4 rings (SSSR count). The number of nitro benzene ring substituents is 1. The first-order chi connectivity index (χ1) is 11.7. The third-order valence-electron chi connectivity index (χ3n) is 3.91. The smallest absolute Gasteiger partial charge is 0.311 e. The first-order valence-corrected chi connectivity index (χ1v) is 7.25. The molecule has 0 aliphatic rings. The van der Waals surface area contributed by atoms with E-state index in [1.54, 1.807) is 12.1 Å². The lowest BCUT2D eigenvalue weighted by Gasteiger charge is -2.06. The van der Waals surface area contributed by atoms with Crippen LogP contribution in [0, 0.1) is 10.1 Å². The molecule has 0 amide bonds. The number of nitro groups is 1. The van der Waals surface area contributed by atoms with Gasteiger partial charge in [0.2, 0.25) is 0 Å². The molecule has 0 atom stereocenters. The molecular formula is C17H12N4O3. The summed E-state index contributed by atoms with van der Waals surface area (Å²) in [6.07, 6.45) is 0. The molecule has 0 spiro atoms. The van der Waals surface area contributed by atoms with Gasteiger partial charge in [-0.3, -0.25) is 14.5 Å². The first-order valence-electron chi connectivity index (χ1n) is 7.25. The fourth-order valence-corrected chi connectivity index (χ4v) is 2.80. The highest BCUT2D eigenvalue weighted by Gasteiger charge is 2.18. The molecule has 0 aliphatic carbocycles. The van der Waals surface area contributed by atoms with Crippen molar-refractivity contribution in [3.05, 3.63) is 64.7 Å². The predicted octanol–water partition coefficient (Wildman–Crippen LogP) is 3.47. The number of rotatable bonds is 3. The van der Waals surface area contributed by atoms with Gasteiger partial charge in [-0.2, -0.15) is 0 Å². The second-order valence-electron chi connectivity index (χ2n) is 5.25. The van der Waals surface area contributed by atoms with Crippen LogP contribution in [0.25, 0.3) is 27.9 Å². The highest BCUT2D eigenvalue weighted by Crippen LogP contribution is 2.32. The van der Waals surface area contributed by atoms with Crippen LogP contribution in [0.1, 0.15) is 0 Å². The van der Waals surface area contributed by atoms with Crippen LogP contribution in [0.3, 0.4) is 0 Å². The lowest BCUT2D eigenvalue weighted by atomic mass is 10.1. The monoisotopic (exact) mass is 320 g/mol. The molecular weight excluding hydrogens is 308 g/mol. The Morgan fingerprint density at radius 2 is 1.92 bits per heavy atom. The summed E-state index contributed by atoms with van der Waals surface area (Å²) >= 11 is 0. The van der Waals surface area contributed by atoms with Gasteiger partial charge in [-0.05, 0) is 35.7 Å². The molecule has 0 saturated heterocycles. The second-order valence-corrected chi connectivity index (χ2v) is 5.25. The van der Waals surface area contributed by atoms with Gasteiger partial charge in [0.15, 0.2) is 17.2 Å². The molecule has 0 N–H and O–H groups in total. The summed E-state index contributed by atoms with van der Waals surface area (Å²) in [6, 6.07) is 16.5. The van der Waals surface area contributed by atoms with Crippen molar-refractivity contribution < 1.29 is 9.66 Å². The number of benzene rings is 2. The van der Waals surface area contributed by atoms with Crippen molar-refractivity contribution >= 4 is 22.2 Å². The number of ether oxygens (including phenoxy) is 1. The third-order valence-corrected chi connectivity index (χ3v) is 3.91. The number of hydrogen-bond donors (Lipinski definition) is 0. The Hall–Kier alpha value is -3.48. The number of hydrogen-bond acceptors (Lipinski definition) is 5. The van der Waals surface area contributed by atoms with E-state index in [-0.39, 0.29) is 11.4 Å². The van der Waals surface area contributed by atoms with E-state index in [1.165, 1.54) is 13.2 Å². The summed E-state index contributed by atoms with van der Waals surface area (Å²) in [7, 11) is 1.40. The van der Waals surface area contributed by atoms with Crippen LogP contribution in [-0.4, -0.2) is 26.6 Å². The maximum atomic E-state index is 11.3. The second kappa shape index (κ2) is 5.31. The van der Waals surface area contributed by atoms with E-state index in [0.717, 1.165) is 10.9 Å². The molecule has 0 saturated carbocycles. The minimum Gasteiger partial charge on any atom is -0.490 e. The minimum absolute atomic E-state index is 0.105. The molecule has 118 valence electrons. The SMILES string of the molecule is COc1ccc(-c2nnc3ccc4ccccc4n23)cc1[N+](=O)[O-]. The van der Waals surface area contributed by atoms with Gasteiger partial charge < -0.3 is 4.74 Å². The van der Waals surface area contributed by atoms with Gasteiger partial charge in [0.25, 0.3) is 0 Å². The maximum absolute atomic E-state index is 11.3. The van der Waals surface area contributed by atoms with Gasteiger partial charge in [-0.1, -0.05) is 18.2 Å². The zero-order valence-corrected chi connectivity index (χ0v) is 12.7. The topological polar surface area (TPSA) is 82.6 Å². The number of nitrogens with zero attached hydrogens (tertiary/aromatic N) is 4. The van der Waals surface area contributed by atoms with Crippen molar-refractivity contribution in [3.63, 3.8) is 0 Å². The van der Waals surface area contributed by atoms with Crippen LogP contribution in [0.15, 0.2) is 54.6 Å². The molecule has 2 heterocycles. The van der Waals surface area contributed by atoms with Crippen molar-refractivity contribution in [1.29, 1.82) is 0 Å². The Morgan fingerprint density at radius 3 is 2.71 bits per heavy atom. The van der Waals surface area contributed by atoms with E-state index < -0.39 is 4.92 Å². The van der Waals surface area contributed by atoms with Crippen molar-refractivity contribution in [3.8, 4) is 17.1 Å². The standard InChI is InChI=1S/C17H12N4O3/c1-24-15-8-6-12(10-14(15)21(22)23)17-19-18-16-9-7-11-4-2-3-5-13(11)20(16)17/h2-10H,1H3. The van der Waals surface area contributed by atoms with Crippen LogP contribution in [-0.2, 0) is 0 Å². The van der Waals surface area contributed by atoms with Crippen molar-refractivity contribution in [2.45, 2.75) is 0 Å². The van der Waals surface area contributed by atoms with Gasteiger partial charge in [0, 0.05) is 11.6 Å². The fourth-order valence-electron chi connectivity index (χ4n) is 2.80. The van der Waals surface area contributed by atoms with Crippen LogP contribution >= 0.6 is 0 Å². The van der Waals surface area contributed by atoms with Gasteiger partial charge in [0.05, 0.1) is 17.5 Å². The van der Waals surface area contributed by atoms with E-state index in [4.69, 9.17) is 4.74 Å². The van der Waals surface area contributed by atoms with Gasteiger partial charge in [0.1, 0.15) is 0 Å². The highest BCUT2D eigenvalue weighted by molar-refractivity contribution is 5.84. The van der Waals surface area contributed by atoms with E-state index >= 15 is 0 Å². The van der Waals surface area contributed by atoms with Crippen molar-refractivity contribution in [2.75, 3.05) is 7.11 Å². The largest absolute Gasteiger partial charge is 0.490 e. The Morgan fingerprint density at radius 1 is 1.08 bits per heavy atom. The number of pyridine rings is 1. The first kappa shape index (κ1) is 14.1. The van der Waals surface area contributed by atoms with Crippen LogP contribution in [0.2, 0.25) is 0 Å². The average molecular weight is 320 g/mol. The van der Waals surface area contributed by atoms with Gasteiger partial charge in [-0.15, -0.1) is 10.2 Å². The van der Waals surface area contributed by atoms with Gasteiger partial charge >= 0.3 is 5.69 Å². The van der Waals surface area contributed by atoms with E-state index in [1.807, 2.05) is 40.8 Å². The van der Waals surface area contributed by atoms with E-state index in [0.29, 0.717) is 17.0 Å². The fraction of sp³-hybridized carbons (Fsp3) is 0.0588. The zero-order valence-electron chi connectivity index (χ0n) is 12.7. The van der Waals surface area contributed by atoms with E-state index in [2.05, 4.69) is 10.2 Å². The zero-order chi connectivity index (χ0) is 16.7. The Kier molecular flexibility index (Phi) is 3.13. The van der Waals surface area contributed by atoms with E-state index in [9.17, 15) is 10.1 Å². The Bertz CT molecular complexity index is 1090. The predicted molar refractivity (Wildman–Crippen MR) is 89.1 cm³/mol. The maximum Gasteiger partial charge on any atom is 0.311 e. The minimum atomic E-state index is -0.469. The number of aromatic nitrogens is 3. The number of methoxy groups -OCH3 is 1. The molecule has 0 radical (unpaired) electrons. The average Bonchev–Trinajstić information content (AvgIpc) is 3.05.